The van der Waals surface area contributed by atoms with Gasteiger partial charge in [0.05, 0.1) is 5.75 Å². The van der Waals surface area contributed by atoms with Crippen molar-refractivity contribution in [3.8, 4) is 0 Å². The number of aromatic nitrogens is 2. The van der Waals surface area contributed by atoms with Crippen LogP contribution in [0.5, 0.6) is 0 Å². The maximum absolute atomic E-state index is 12.3. The average molecular weight is 353 g/mol. The standard InChI is InChI=1S/C9H15N5O4S3/c1-2-20(15,16)6-3-11-21(17,18)8-7(13-10)12-9-14(8)4-5-19-9/h4-5,11,13H,2-3,6,10H2,1H3. The van der Waals surface area contributed by atoms with Crippen molar-refractivity contribution in [2.24, 2.45) is 5.84 Å². The predicted molar refractivity (Wildman–Crippen MR) is 80.4 cm³/mol. The maximum Gasteiger partial charge on any atom is 0.260 e. The number of imidazole rings is 1. The van der Waals surface area contributed by atoms with E-state index in [-0.39, 0.29) is 28.9 Å². The van der Waals surface area contributed by atoms with Gasteiger partial charge in [-0.3, -0.25) is 4.40 Å². The summed E-state index contributed by atoms with van der Waals surface area (Å²) in [5.74, 6) is 4.99. The zero-order valence-electron chi connectivity index (χ0n) is 11.1. The summed E-state index contributed by atoms with van der Waals surface area (Å²) in [6.07, 6.45) is 1.55. The molecule has 0 aliphatic carbocycles. The Morgan fingerprint density at radius 1 is 1.38 bits per heavy atom. The Morgan fingerprint density at radius 2 is 2.10 bits per heavy atom. The van der Waals surface area contributed by atoms with Crippen molar-refractivity contribution in [1.29, 1.82) is 0 Å². The molecule has 0 saturated carbocycles. The molecule has 0 aliphatic rings. The SMILES string of the molecule is CCS(=O)(=O)CCNS(=O)(=O)c1c(NN)nc2sccn12. The highest BCUT2D eigenvalue weighted by molar-refractivity contribution is 7.91. The number of nitrogens with one attached hydrogen (secondary N) is 2. The van der Waals surface area contributed by atoms with Gasteiger partial charge in [0.2, 0.25) is 5.03 Å². The van der Waals surface area contributed by atoms with Crippen LogP contribution in [0.15, 0.2) is 16.6 Å². The van der Waals surface area contributed by atoms with Gasteiger partial charge in [-0.05, 0) is 0 Å². The number of fused-ring (bicyclic) bond motifs is 1. The monoisotopic (exact) mass is 353 g/mol. The largest absolute Gasteiger partial charge is 0.306 e. The molecule has 0 aliphatic heterocycles. The smallest absolute Gasteiger partial charge is 0.260 e. The van der Waals surface area contributed by atoms with Crippen molar-refractivity contribution in [1.82, 2.24) is 14.1 Å². The summed E-state index contributed by atoms with van der Waals surface area (Å²) >= 11 is 1.25. The molecule has 0 radical (unpaired) electrons. The first-order valence-corrected chi connectivity index (χ1v) is 10.1. The third-order valence-corrected chi connectivity index (χ3v) is 6.70. The Balaban J connectivity index is 2.27. The van der Waals surface area contributed by atoms with E-state index >= 15 is 0 Å². The van der Waals surface area contributed by atoms with Crippen LogP contribution in [0.3, 0.4) is 0 Å². The van der Waals surface area contributed by atoms with E-state index in [1.165, 1.54) is 22.7 Å². The van der Waals surface area contributed by atoms with Crippen LogP contribution in [0.2, 0.25) is 0 Å². The van der Waals surface area contributed by atoms with Crippen LogP contribution in [0, 0.1) is 0 Å². The van der Waals surface area contributed by atoms with Crippen LogP contribution in [-0.4, -0.2) is 44.3 Å². The van der Waals surface area contributed by atoms with Gasteiger partial charge < -0.3 is 5.43 Å². The lowest BCUT2D eigenvalue weighted by molar-refractivity contribution is 0.577. The number of sulfone groups is 1. The summed E-state index contributed by atoms with van der Waals surface area (Å²) < 4.78 is 51.0. The Kier molecular flexibility index (Phi) is 4.53. The van der Waals surface area contributed by atoms with Gasteiger partial charge in [-0.2, -0.15) is 4.98 Å². The molecule has 0 bridgehead atoms. The fourth-order valence-electron chi connectivity index (χ4n) is 1.66. The van der Waals surface area contributed by atoms with Crippen LogP contribution >= 0.6 is 11.3 Å². The lowest BCUT2D eigenvalue weighted by atomic mass is 10.7. The molecule has 12 heteroatoms. The molecule has 0 atom stereocenters. The number of hydrazine groups is 1. The molecule has 4 N–H and O–H groups in total. The molecular weight excluding hydrogens is 338 g/mol. The second kappa shape index (κ2) is 5.88. The highest BCUT2D eigenvalue weighted by Crippen LogP contribution is 2.24. The van der Waals surface area contributed by atoms with Crippen LogP contribution in [0.4, 0.5) is 5.82 Å². The highest BCUT2D eigenvalue weighted by Gasteiger charge is 2.25. The summed E-state index contributed by atoms with van der Waals surface area (Å²) in [4.78, 5) is 4.50. The lowest BCUT2D eigenvalue weighted by Gasteiger charge is -2.07. The third-order valence-electron chi connectivity index (χ3n) is 2.75. The minimum absolute atomic E-state index is 0.00713. The minimum atomic E-state index is -3.94. The van der Waals surface area contributed by atoms with Crippen LogP contribution in [0.25, 0.3) is 4.96 Å². The molecule has 0 spiro atoms. The molecule has 0 amide bonds. The molecule has 2 aromatic rings. The van der Waals surface area contributed by atoms with E-state index in [1.54, 1.807) is 11.6 Å². The maximum atomic E-state index is 12.3. The number of sulfonamides is 1. The fraction of sp³-hybridized carbons (Fsp3) is 0.444. The summed E-state index contributed by atoms with van der Waals surface area (Å²) in [7, 11) is -7.18. The number of hydrogen-bond acceptors (Lipinski definition) is 8. The molecule has 118 valence electrons. The van der Waals surface area contributed by atoms with Gasteiger partial charge in [0.25, 0.3) is 10.0 Å². The molecule has 2 heterocycles. The Bertz CT molecular complexity index is 836. The second-order valence-electron chi connectivity index (χ2n) is 4.10. The van der Waals surface area contributed by atoms with Crippen molar-refractivity contribution in [2.45, 2.75) is 11.9 Å². The number of nitrogens with two attached hydrogens (primary N) is 1. The van der Waals surface area contributed by atoms with Crippen molar-refractivity contribution < 1.29 is 16.8 Å². The number of anilines is 1. The highest BCUT2D eigenvalue weighted by atomic mass is 32.2. The van der Waals surface area contributed by atoms with Gasteiger partial charge in [-0.15, -0.1) is 11.3 Å². The number of rotatable bonds is 7. The summed E-state index contributed by atoms with van der Waals surface area (Å²) in [6, 6.07) is 0. The fourth-order valence-corrected chi connectivity index (χ4v) is 4.54. The van der Waals surface area contributed by atoms with Crippen LogP contribution in [-0.2, 0) is 19.9 Å². The van der Waals surface area contributed by atoms with Gasteiger partial charge in [0.15, 0.2) is 20.6 Å². The molecule has 0 saturated heterocycles. The first kappa shape index (κ1) is 16.2. The van der Waals surface area contributed by atoms with Crippen LogP contribution < -0.4 is 16.0 Å². The minimum Gasteiger partial charge on any atom is -0.306 e. The van der Waals surface area contributed by atoms with Gasteiger partial charge in [0, 0.05) is 23.9 Å². The van der Waals surface area contributed by atoms with Gasteiger partial charge in [0.1, 0.15) is 0 Å². The first-order chi connectivity index (χ1) is 9.80. The topological polar surface area (TPSA) is 136 Å². The molecule has 0 aromatic carbocycles. The van der Waals surface area contributed by atoms with Crippen LogP contribution in [0.1, 0.15) is 6.92 Å². The lowest BCUT2D eigenvalue weighted by Crippen LogP contribution is -2.31. The van der Waals surface area contributed by atoms with Gasteiger partial charge in [-0.1, -0.05) is 6.92 Å². The zero-order chi connectivity index (χ0) is 15.7. The summed E-state index contributed by atoms with van der Waals surface area (Å²) in [5.41, 5.74) is 2.23. The molecule has 21 heavy (non-hydrogen) atoms. The van der Waals surface area contributed by atoms with E-state index in [9.17, 15) is 16.8 Å². The summed E-state index contributed by atoms with van der Waals surface area (Å²) in [6.45, 7) is 1.30. The molecule has 2 rings (SSSR count). The van der Waals surface area contributed by atoms with E-state index in [1.807, 2.05) is 0 Å². The second-order valence-corrected chi connectivity index (χ2v) is 9.13. The van der Waals surface area contributed by atoms with Crippen molar-refractivity contribution in [3.05, 3.63) is 11.6 Å². The van der Waals surface area contributed by atoms with E-state index in [0.29, 0.717) is 4.96 Å². The molecule has 2 aromatic heterocycles. The van der Waals surface area contributed by atoms with Gasteiger partial charge >= 0.3 is 0 Å². The predicted octanol–water partition coefficient (Wildman–Crippen LogP) is -0.606. The van der Waals surface area contributed by atoms with Crippen molar-refractivity contribution in [2.75, 3.05) is 23.5 Å². The van der Waals surface area contributed by atoms with E-state index in [4.69, 9.17) is 5.84 Å². The molecular formula is C9H15N5O4S3. The van der Waals surface area contributed by atoms with Crippen molar-refractivity contribution >= 4 is 42.0 Å². The number of nitrogens with zero attached hydrogens (tertiary/aromatic N) is 2. The van der Waals surface area contributed by atoms with Gasteiger partial charge in [-0.25, -0.2) is 27.4 Å². The molecule has 0 fully saturated rings. The Labute approximate surface area is 126 Å². The molecule has 9 nitrogen and oxygen atoms in total. The van der Waals surface area contributed by atoms with E-state index in [0.717, 1.165) is 0 Å². The zero-order valence-corrected chi connectivity index (χ0v) is 13.6. The number of nitrogen functional groups attached to an aromatic ring is 1. The van der Waals surface area contributed by atoms with E-state index < -0.39 is 19.9 Å². The Morgan fingerprint density at radius 3 is 2.71 bits per heavy atom. The normalized spacial score (nSPS) is 12.9. The average Bonchev–Trinajstić information content (AvgIpc) is 2.97. The first-order valence-electron chi connectivity index (χ1n) is 5.93. The third kappa shape index (κ3) is 3.35. The summed E-state index contributed by atoms with van der Waals surface area (Å²) in [5, 5.41) is 1.54. The van der Waals surface area contributed by atoms with Crippen molar-refractivity contribution in [3.63, 3.8) is 0 Å². The Hall–Kier alpha value is -1.21. The molecule has 0 unspecified atom stereocenters. The number of hydrogen-bond donors (Lipinski definition) is 3. The number of thiazole rings is 1. The van der Waals surface area contributed by atoms with E-state index in [2.05, 4.69) is 15.1 Å². The quantitative estimate of drug-likeness (QED) is 0.446.